The maximum atomic E-state index is 13.0. The number of methoxy groups -OCH3 is 1. The predicted octanol–water partition coefficient (Wildman–Crippen LogP) is 4.00. The van der Waals surface area contributed by atoms with E-state index in [1.165, 1.54) is 0 Å². The molecule has 4 rings (SSSR count). The largest absolute Gasteiger partial charge is 0.481 e. The molecule has 7 heteroatoms. The number of carboxylic acids is 1. The Kier molecular flexibility index (Phi) is 5.79. The number of H-pyrrole nitrogens is 1. The van der Waals surface area contributed by atoms with E-state index in [0.717, 1.165) is 22.0 Å². The van der Waals surface area contributed by atoms with Crippen LogP contribution in [-0.2, 0) is 16.0 Å². The smallest absolute Gasteiger partial charge is 0.307 e. The molecule has 0 aliphatic heterocycles. The molecule has 0 unspecified atom stereocenters. The summed E-state index contributed by atoms with van der Waals surface area (Å²) in [6.45, 7) is 0.346. The maximum absolute atomic E-state index is 13.0. The molecule has 0 radical (unpaired) electrons. The number of ether oxygens (including phenoxy) is 1. The molecule has 1 aromatic heterocycles. The Morgan fingerprint density at radius 3 is 2.83 bits per heavy atom. The fourth-order valence-corrected chi connectivity index (χ4v) is 4.62. The number of aliphatic carboxylic acids is 1. The Morgan fingerprint density at radius 2 is 2.07 bits per heavy atom. The van der Waals surface area contributed by atoms with Crippen LogP contribution in [0.4, 0.5) is 0 Å². The van der Waals surface area contributed by atoms with Crippen molar-refractivity contribution in [1.29, 1.82) is 0 Å². The van der Waals surface area contributed by atoms with Crippen LogP contribution in [0.3, 0.4) is 0 Å². The average Bonchev–Trinajstić information content (AvgIpc) is 3.29. The Labute approximate surface area is 179 Å². The van der Waals surface area contributed by atoms with E-state index in [-0.39, 0.29) is 17.9 Å². The van der Waals surface area contributed by atoms with Crippen molar-refractivity contribution in [3.8, 4) is 0 Å². The van der Waals surface area contributed by atoms with Gasteiger partial charge < -0.3 is 20.1 Å². The molecule has 0 saturated heterocycles. The van der Waals surface area contributed by atoms with Gasteiger partial charge in [0.05, 0.1) is 5.92 Å². The number of hydrogen-bond donors (Lipinski definition) is 3. The summed E-state index contributed by atoms with van der Waals surface area (Å²) >= 11 is 6.04. The second-order valence-corrected chi connectivity index (χ2v) is 8.09. The van der Waals surface area contributed by atoms with Crippen LogP contribution in [0.15, 0.2) is 48.5 Å². The fourth-order valence-electron chi connectivity index (χ4n) is 4.44. The molecular weight excluding hydrogens is 404 g/mol. The zero-order valence-corrected chi connectivity index (χ0v) is 17.3. The van der Waals surface area contributed by atoms with Crippen molar-refractivity contribution < 1.29 is 19.4 Å². The molecule has 0 spiro atoms. The van der Waals surface area contributed by atoms with E-state index in [9.17, 15) is 14.7 Å². The van der Waals surface area contributed by atoms with Gasteiger partial charge in [-0.3, -0.25) is 9.59 Å². The molecule has 0 saturated carbocycles. The van der Waals surface area contributed by atoms with Gasteiger partial charge in [0.15, 0.2) is 0 Å². The van der Waals surface area contributed by atoms with Crippen molar-refractivity contribution in [2.45, 2.75) is 24.8 Å². The van der Waals surface area contributed by atoms with E-state index in [2.05, 4.69) is 10.3 Å². The third-order valence-corrected chi connectivity index (χ3v) is 6.05. The van der Waals surface area contributed by atoms with Crippen LogP contribution in [0.1, 0.15) is 34.0 Å². The lowest BCUT2D eigenvalue weighted by atomic mass is 9.82. The quantitative estimate of drug-likeness (QED) is 0.532. The predicted molar refractivity (Wildman–Crippen MR) is 115 cm³/mol. The first-order chi connectivity index (χ1) is 14.5. The van der Waals surface area contributed by atoms with E-state index >= 15 is 0 Å². The highest BCUT2D eigenvalue weighted by atomic mass is 35.5. The van der Waals surface area contributed by atoms with Crippen molar-refractivity contribution in [2.24, 2.45) is 5.92 Å². The highest BCUT2D eigenvalue weighted by molar-refractivity contribution is 6.31. The molecule has 0 bridgehead atoms. The molecule has 3 aromatic rings. The number of aromatic nitrogens is 1. The minimum atomic E-state index is -0.881. The highest BCUT2D eigenvalue weighted by Gasteiger charge is 2.41. The molecule has 30 heavy (non-hydrogen) atoms. The van der Waals surface area contributed by atoms with Crippen LogP contribution in [0.25, 0.3) is 10.9 Å². The highest BCUT2D eigenvalue weighted by Crippen LogP contribution is 2.40. The number of aromatic amines is 1. The molecule has 0 fully saturated rings. The van der Waals surface area contributed by atoms with Crippen LogP contribution in [-0.4, -0.2) is 41.7 Å². The molecule has 2 aromatic carbocycles. The first-order valence-electron chi connectivity index (χ1n) is 9.86. The molecule has 156 valence electrons. The van der Waals surface area contributed by atoms with E-state index in [1.54, 1.807) is 25.3 Å². The van der Waals surface area contributed by atoms with Gasteiger partial charge in [0.1, 0.15) is 5.69 Å². The van der Waals surface area contributed by atoms with E-state index < -0.39 is 11.9 Å². The van der Waals surface area contributed by atoms with Gasteiger partial charge in [0, 0.05) is 41.6 Å². The fraction of sp³-hybridized carbons (Fsp3) is 0.304. The molecule has 1 aliphatic carbocycles. The summed E-state index contributed by atoms with van der Waals surface area (Å²) in [5.41, 5.74) is 3.29. The molecule has 6 nitrogen and oxygen atoms in total. The van der Waals surface area contributed by atoms with Crippen molar-refractivity contribution in [3.63, 3.8) is 0 Å². The number of benzene rings is 2. The SMILES string of the molecule is COCC[C@H](C(=O)O)[C@@H]1c2ccccc2C[C@H]1NC(=O)c1cc2cc(Cl)ccc2[nH]1. The molecule has 1 aliphatic rings. The Bertz CT molecular complexity index is 1090. The number of hydrogen-bond acceptors (Lipinski definition) is 3. The van der Waals surface area contributed by atoms with Crippen LogP contribution in [0.2, 0.25) is 5.02 Å². The monoisotopic (exact) mass is 426 g/mol. The molecule has 3 N–H and O–H groups in total. The zero-order valence-electron chi connectivity index (χ0n) is 16.5. The van der Waals surface area contributed by atoms with E-state index in [1.807, 2.05) is 30.3 Å². The third kappa shape index (κ3) is 3.93. The molecular formula is C23H23ClN2O4. The first kappa shape index (κ1) is 20.4. The summed E-state index contributed by atoms with van der Waals surface area (Å²) in [4.78, 5) is 28.2. The molecule has 1 amide bonds. The topological polar surface area (TPSA) is 91.4 Å². The second-order valence-electron chi connectivity index (χ2n) is 7.65. The van der Waals surface area contributed by atoms with Gasteiger partial charge in [-0.05, 0) is 48.2 Å². The third-order valence-electron chi connectivity index (χ3n) is 5.82. The maximum Gasteiger partial charge on any atom is 0.307 e. The Hall–Kier alpha value is -2.83. The van der Waals surface area contributed by atoms with Gasteiger partial charge in [0.2, 0.25) is 0 Å². The van der Waals surface area contributed by atoms with Gasteiger partial charge in [-0.15, -0.1) is 0 Å². The summed E-state index contributed by atoms with van der Waals surface area (Å²) in [6, 6.07) is 14.6. The minimum Gasteiger partial charge on any atom is -0.481 e. The minimum absolute atomic E-state index is 0.263. The number of amides is 1. The van der Waals surface area contributed by atoms with E-state index in [4.69, 9.17) is 16.3 Å². The van der Waals surface area contributed by atoms with Gasteiger partial charge >= 0.3 is 5.97 Å². The number of halogens is 1. The van der Waals surface area contributed by atoms with Crippen molar-refractivity contribution >= 4 is 34.4 Å². The van der Waals surface area contributed by atoms with Gasteiger partial charge in [-0.2, -0.15) is 0 Å². The summed E-state index contributed by atoms with van der Waals surface area (Å²) in [5.74, 6) is -2.12. The first-order valence-corrected chi connectivity index (χ1v) is 10.2. The number of nitrogens with one attached hydrogen (secondary N) is 2. The van der Waals surface area contributed by atoms with Crippen LogP contribution in [0.5, 0.6) is 0 Å². The Balaban J connectivity index is 1.62. The normalized spacial score (nSPS) is 18.9. The molecule has 3 atom stereocenters. The lowest BCUT2D eigenvalue weighted by Crippen LogP contribution is -2.42. The van der Waals surface area contributed by atoms with E-state index in [0.29, 0.717) is 30.2 Å². The van der Waals surface area contributed by atoms with Crippen LogP contribution < -0.4 is 5.32 Å². The lowest BCUT2D eigenvalue weighted by molar-refractivity contribution is -0.143. The van der Waals surface area contributed by atoms with Crippen LogP contribution >= 0.6 is 11.6 Å². The van der Waals surface area contributed by atoms with Gasteiger partial charge in [0.25, 0.3) is 5.91 Å². The number of fused-ring (bicyclic) bond motifs is 2. The lowest BCUT2D eigenvalue weighted by Gasteiger charge is -2.27. The van der Waals surface area contributed by atoms with Gasteiger partial charge in [-0.25, -0.2) is 0 Å². The number of rotatable bonds is 7. The van der Waals surface area contributed by atoms with Crippen LogP contribution in [0, 0.1) is 5.92 Å². The number of carbonyl (C=O) groups is 2. The van der Waals surface area contributed by atoms with Crippen molar-refractivity contribution in [3.05, 3.63) is 70.4 Å². The number of carboxylic acid groups (broad SMARTS) is 1. The molecule has 1 heterocycles. The van der Waals surface area contributed by atoms with Gasteiger partial charge in [-0.1, -0.05) is 35.9 Å². The average molecular weight is 427 g/mol. The summed E-state index contributed by atoms with van der Waals surface area (Å²) in [6.07, 6.45) is 0.970. The summed E-state index contributed by atoms with van der Waals surface area (Å²) in [7, 11) is 1.56. The van der Waals surface area contributed by atoms with Crippen molar-refractivity contribution in [1.82, 2.24) is 10.3 Å². The second kappa shape index (κ2) is 8.50. The zero-order chi connectivity index (χ0) is 21.3. The summed E-state index contributed by atoms with van der Waals surface area (Å²) in [5, 5.41) is 14.4. The van der Waals surface area contributed by atoms with Crippen molar-refractivity contribution in [2.75, 3.05) is 13.7 Å². The Morgan fingerprint density at radius 1 is 1.27 bits per heavy atom. The number of carbonyl (C=O) groups excluding carboxylic acids is 1. The standard InChI is InChI=1S/C23H23ClN2O4/c1-30-9-8-17(23(28)29)21-16-5-3-2-4-13(16)11-19(21)26-22(27)20-12-14-10-15(24)6-7-18(14)25-20/h2-7,10,12,17,19,21,25H,8-9,11H2,1H3,(H,26,27)(H,28,29)/t17-,19+,21-/m0/s1. The summed E-state index contributed by atoms with van der Waals surface area (Å²) < 4.78 is 5.13.